The van der Waals surface area contributed by atoms with Crippen LogP contribution in [-0.4, -0.2) is 81.1 Å². The highest BCUT2D eigenvalue weighted by molar-refractivity contribution is 5.85. The lowest BCUT2D eigenvalue weighted by molar-refractivity contribution is -0.146. The summed E-state index contributed by atoms with van der Waals surface area (Å²) in [5, 5.41) is 3.30. The highest BCUT2D eigenvalue weighted by Gasteiger charge is 2.36. The van der Waals surface area contributed by atoms with Gasteiger partial charge in [-0.3, -0.25) is 19.0 Å². The summed E-state index contributed by atoms with van der Waals surface area (Å²) >= 11 is 0. The first-order chi connectivity index (χ1) is 21.6. The highest BCUT2D eigenvalue weighted by atomic mass is 35.5. The molecule has 0 saturated carbocycles. The average Bonchev–Trinajstić information content (AvgIpc) is 3.52. The Bertz CT molecular complexity index is 1810. The average molecular weight is 659 g/mol. The number of nitrogens with one attached hydrogen (secondary N) is 1. The summed E-state index contributed by atoms with van der Waals surface area (Å²) in [5.41, 5.74) is 8.24. The molecule has 2 aliphatic rings. The van der Waals surface area contributed by atoms with Crippen LogP contribution in [0.15, 0.2) is 53.6 Å². The van der Waals surface area contributed by atoms with Crippen molar-refractivity contribution in [1.82, 2.24) is 29.5 Å². The van der Waals surface area contributed by atoms with E-state index < -0.39 is 18.6 Å². The maximum absolute atomic E-state index is 13.3. The van der Waals surface area contributed by atoms with E-state index in [0.29, 0.717) is 54.2 Å². The molecule has 2 fully saturated rings. The standard InChI is InChI=1S/C30H32F2N8O5.ClH/c1-17(33)27(42)44-16-18-3-6-25(45-28(31)32)20(9-18)14-40-24-10-19(4-5-23(24)26(41)37(40)2)21-11-34-29(35-12-21)38-7-8-39-22(15-38)13-36-30(39)43;/h3-6,9-12,17,22,28H,7-8,13-16,33H2,1-2H3,(H,36,43);1H/t17-,22+;/m0./s1. The summed E-state index contributed by atoms with van der Waals surface area (Å²) in [6, 6.07) is 9.06. The van der Waals surface area contributed by atoms with Crippen molar-refractivity contribution in [3.05, 3.63) is 70.3 Å². The SMILES string of the molecule is C[C@H](N)C(=O)OCc1ccc(OC(F)F)c(Cn2c3cc(-c4cnc(N5CCN6C(=O)NC[C@@H]6C5)nc4)ccc3c(=O)n2C)c1.Cl. The van der Waals surface area contributed by atoms with Crippen LogP contribution in [0.2, 0.25) is 0 Å². The summed E-state index contributed by atoms with van der Waals surface area (Å²) < 4.78 is 39.6. The van der Waals surface area contributed by atoms with E-state index in [1.54, 1.807) is 42.3 Å². The Labute approximate surface area is 268 Å². The number of carbonyl (C=O) groups is 2. The number of piperazine rings is 1. The largest absolute Gasteiger partial charge is 0.460 e. The van der Waals surface area contributed by atoms with Gasteiger partial charge in [0, 0.05) is 56.7 Å². The van der Waals surface area contributed by atoms with Gasteiger partial charge in [0.05, 0.1) is 23.5 Å². The third-order valence-electron chi connectivity index (χ3n) is 8.06. The van der Waals surface area contributed by atoms with E-state index in [1.807, 2.05) is 15.9 Å². The molecule has 0 unspecified atom stereocenters. The van der Waals surface area contributed by atoms with Gasteiger partial charge in [-0.2, -0.15) is 8.78 Å². The number of benzene rings is 2. The number of rotatable bonds is 9. The summed E-state index contributed by atoms with van der Waals surface area (Å²) in [5.74, 6) is -0.105. The number of carbonyl (C=O) groups excluding carboxylic acids is 2. The van der Waals surface area contributed by atoms with Gasteiger partial charge in [0.15, 0.2) is 0 Å². The van der Waals surface area contributed by atoms with Gasteiger partial charge in [-0.25, -0.2) is 14.8 Å². The zero-order valence-corrected chi connectivity index (χ0v) is 25.9. The van der Waals surface area contributed by atoms with Crippen molar-refractivity contribution < 1.29 is 27.8 Å². The number of halogens is 3. The minimum atomic E-state index is -3.06. The van der Waals surface area contributed by atoms with Crippen molar-refractivity contribution in [2.24, 2.45) is 12.8 Å². The second-order valence-corrected chi connectivity index (χ2v) is 11.1. The number of nitrogens with zero attached hydrogens (tertiary/aromatic N) is 6. The monoisotopic (exact) mass is 658 g/mol. The van der Waals surface area contributed by atoms with E-state index in [-0.39, 0.29) is 48.9 Å². The summed E-state index contributed by atoms with van der Waals surface area (Å²) in [6.45, 7) is 0.772. The topological polar surface area (TPSA) is 150 Å². The molecule has 4 aromatic rings. The molecule has 6 rings (SSSR count). The van der Waals surface area contributed by atoms with Crippen LogP contribution >= 0.6 is 12.4 Å². The van der Waals surface area contributed by atoms with Crippen molar-refractivity contribution in [2.45, 2.75) is 38.8 Å². The first-order valence-corrected chi connectivity index (χ1v) is 14.4. The Kier molecular flexibility index (Phi) is 9.44. The number of ether oxygens (including phenoxy) is 2. The number of urea groups is 1. The Morgan fingerprint density at radius 1 is 1.11 bits per heavy atom. The molecule has 0 spiro atoms. The van der Waals surface area contributed by atoms with Crippen molar-refractivity contribution >= 4 is 41.3 Å². The molecule has 13 nitrogen and oxygen atoms in total. The van der Waals surface area contributed by atoms with Gasteiger partial charge in [-0.1, -0.05) is 12.1 Å². The van der Waals surface area contributed by atoms with Crippen molar-refractivity contribution in [2.75, 3.05) is 31.1 Å². The van der Waals surface area contributed by atoms with Gasteiger partial charge >= 0.3 is 18.6 Å². The maximum atomic E-state index is 13.3. The van der Waals surface area contributed by atoms with Crippen LogP contribution in [0.5, 0.6) is 5.75 Å². The molecule has 2 aliphatic heterocycles. The molecule has 3 N–H and O–H groups in total. The zero-order valence-electron chi connectivity index (χ0n) is 25.1. The van der Waals surface area contributed by atoms with Crippen LogP contribution in [0.1, 0.15) is 18.1 Å². The number of anilines is 1. The second kappa shape index (κ2) is 13.3. The highest BCUT2D eigenvalue weighted by Crippen LogP contribution is 2.28. The van der Waals surface area contributed by atoms with Gasteiger partial charge in [0.1, 0.15) is 18.4 Å². The fourth-order valence-electron chi connectivity index (χ4n) is 5.67. The number of fused-ring (bicyclic) bond motifs is 2. The van der Waals surface area contributed by atoms with E-state index in [4.69, 9.17) is 15.2 Å². The number of hydrogen-bond acceptors (Lipinski definition) is 9. The predicted octanol–water partition coefficient (Wildman–Crippen LogP) is 2.47. The third-order valence-corrected chi connectivity index (χ3v) is 8.06. The lowest BCUT2D eigenvalue weighted by Crippen LogP contribution is -2.52. The molecule has 0 bridgehead atoms. The van der Waals surface area contributed by atoms with Crippen LogP contribution in [0.4, 0.5) is 19.5 Å². The van der Waals surface area contributed by atoms with Gasteiger partial charge < -0.3 is 30.3 Å². The maximum Gasteiger partial charge on any atom is 0.387 e. The molecular weight excluding hydrogens is 626 g/mol. The second-order valence-electron chi connectivity index (χ2n) is 11.1. The lowest BCUT2D eigenvalue weighted by Gasteiger charge is -2.36. The minimum absolute atomic E-state index is 0. The Morgan fingerprint density at radius 3 is 2.59 bits per heavy atom. The Morgan fingerprint density at radius 2 is 1.87 bits per heavy atom. The predicted molar refractivity (Wildman–Crippen MR) is 167 cm³/mol. The molecular formula is C30H33ClF2N8O5. The van der Waals surface area contributed by atoms with Gasteiger partial charge in [0.25, 0.3) is 5.56 Å². The molecule has 4 heterocycles. The van der Waals surface area contributed by atoms with Gasteiger partial charge in [0.2, 0.25) is 5.95 Å². The number of amides is 2. The normalized spacial score (nSPS) is 16.7. The number of aromatic nitrogens is 4. The van der Waals surface area contributed by atoms with Gasteiger partial charge in [-0.15, -0.1) is 12.4 Å². The van der Waals surface area contributed by atoms with Crippen LogP contribution < -0.4 is 26.2 Å². The van der Waals surface area contributed by atoms with Crippen molar-refractivity contribution in [3.63, 3.8) is 0 Å². The number of nitrogens with two attached hydrogens (primary N) is 1. The molecule has 244 valence electrons. The third kappa shape index (κ3) is 6.46. The molecule has 2 aromatic carbocycles. The number of esters is 1. The van der Waals surface area contributed by atoms with Crippen LogP contribution in [0, 0.1) is 0 Å². The molecule has 46 heavy (non-hydrogen) atoms. The van der Waals surface area contributed by atoms with E-state index in [2.05, 4.69) is 15.3 Å². The first-order valence-electron chi connectivity index (χ1n) is 14.4. The molecule has 2 amide bonds. The fraction of sp³-hybridized carbons (Fsp3) is 0.367. The summed E-state index contributed by atoms with van der Waals surface area (Å²) in [4.78, 5) is 50.0. The zero-order chi connectivity index (χ0) is 31.8. The Balaban J connectivity index is 0.00000417. The Hall–Kier alpha value is -4.76. The first kappa shape index (κ1) is 32.6. The minimum Gasteiger partial charge on any atom is -0.460 e. The fourth-order valence-corrected chi connectivity index (χ4v) is 5.67. The molecule has 16 heteroatoms. The van der Waals surface area contributed by atoms with E-state index in [0.717, 1.165) is 11.1 Å². The summed E-state index contributed by atoms with van der Waals surface area (Å²) in [6.07, 6.45) is 3.42. The molecule has 2 saturated heterocycles. The van der Waals surface area contributed by atoms with Crippen molar-refractivity contribution in [1.29, 1.82) is 0 Å². The van der Waals surface area contributed by atoms with E-state index in [1.165, 1.54) is 23.7 Å². The molecule has 0 aliphatic carbocycles. The number of alkyl halides is 2. The van der Waals surface area contributed by atoms with E-state index >= 15 is 0 Å². The smallest absolute Gasteiger partial charge is 0.387 e. The van der Waals surface area contributed by atoms with Crippen molar-refractivity contribution in [3.8, 4) is 16.9 Å². The summed E-state index contributed by atoms with van der Waals surface area (Å²) in [7, 11) is 1.59. The van der Waals surface area contributed by atoms with Crippen LogP contribution in [-0.2, 0) is 29.7 Å². The molecule has 0 radical (unpaired) electrons. The molecule has 2 atom stereocenters. The van der Waals surface area contributed by atoms with Crippen LogP contribution in [0.3, 0.4) is 0 Å². The lowest BCUT2D eigenvalue weighted by atomic mass is 10.1. The van der Waals surface area contributed by atoms with Crippen LogP contribution in [0.25, 0.3) is 22.0 Å². The quantitative estimate of drug-likeness (QED) is 0.259. The number of hydrogen-bond donors (Lipinski definition) is 2. The van der Waals surface area contributed by atoms with Gasteiger partial charge in [-0.05, 0) is 42.3 Å². The van der Waals surface area contributed by atoms with E-state index in [9.17, 15) is 23.2 Å². The molecule has 2 aromatic heterocycles.